The van der Waals surface area contributed by atoms with Gasteiger partial charge in [-0.05, 0) is 92.6 Å². The third kappa shape index (κ3) is 3.77. The van der Waals surface area contributed by atoms with Gasteiger partial charge in [-0.3, -0.25) is 4.79 Å². The molecule has 1 heterocycles. The van der Waals surface area contributed by atoms with Gasteiger partial charge >= 0.3 is 10.2 Å². The molecule has 1 aromatic carbocycles. The van der Waals surface area contributed by atoms with Gasteiger partial charge in [0.2, 0.25) is 0 Å². The van der Waals surface area contributed by atoms with Crippen LogP contribution in [0.1, 0.15) is 80.1 Å². The van der Waals surface area contributed by atoms with Gasteiger partial charge < -0.3 is 4.74 Å². The van der Waals surface area contributed by atoms with E-state index in [1.807, 2.05) is 4.72 Å². The van der Waals surface area contributed by atoms with Crippen molar-refractivity contribution in [3.63, 3.8) is 0 Å². The van der Waals surface area contributed by atoms with E-state index in [1.165, 1.54) is 48.5 Å². The van der Waals surface area contributed by atoms with Crippen LogP contribution in [-0.4, -0.2) is 38.3 Å². The van der Waals surface area contributed by atoms with E-state index in [1.54, 1.807) is 0 Å². The SMILES string of the molecule is CC1(COc2cc(F)c(C(=O)NS(=O)(=O)N3CCC3)cc2C2CC2)C2CC3CC(C2)CC1C3. The van der Waals surface area contributed by atoms with Crippen molar-refractivity contribution in [3.8, 4) is 5.75 Å². The second-order valence-electron chi connectivity index (χ2n) is 11.4. The summed E-state index contributed by atoms with van der Waals surface area (Å²) < 4.78 is 49.2. The van der Waals surface area contributed by atoms with E-state index in [0.717, 1.165) is 36.7 Å². The summed E-state index contributed by atoms with van der Waals surface area (Å²) in [5.74, 6) is 2.23. The monoisotopic (exact) mass is 476 g/mol. The molecule has 1 N–H and O–H groups in total. The second-order valence-corrected chi connectivity index (χ2v) is 13.1. The minimum absolute atomic E-state index is 0.117. The molecule has 4 bridgehead atoms. The zero-order chi connectivity index (χ0) is 23.0. The number of ether oxygens (including phenoxy) is 1. The predicted molar refractivity (Wildman–Crippen MR) is 122 cm³/mol. The van der Waals surface area contributed by atoms with Crippen LogP contribution < -0.4 is 9.46 Å². The normalized spacial score (nSPS) is 35.3. The molecule has 6 fully saturated rings. The highest BCUT2D eigenvalue weighted by atomic mass is 32.2. The lowest BCUT2D eigenvalue weighted by molar-refractivity contribution is -0.116. The number of carbonyl (C=O) groups is 1. The van der Waals surface area contributed by atoms with Crippen molar-refractivity contribution in [2.24, 2.45) is 29.1 Å². The van der Waals surface area contributed by atoms with E-state index in [0.29, 0.717) is 37.3 Å². The maximum atomic E-state index is 15.0. The van der Waals surface area contributed by atoms with Crippen molar-refractivity contribution in [1.82, 2.24) is 9.03 Å². The number of halogens is 1. The maximum absolute atomic E-state index is 15.0. The highest BCUT2D eigenvalue weighted by Gasteiger charge is 2.55. The third-order valence-corrected chi connectivity index (χ3v) is 10.8. The molecule has 0 atom stereocenters. The molecule has 0 aromatic heterocycles. The van der Waals surface area contributed by atoms with Crippen molar-refractivity contribution in [2.75, 3.05) is 19.7 Å². The number of amides is 1. The fourth-order valence-corrected chi connectivity index (χ4v) is 8.29. The standard InChI is InChI=1S/C25H33FN2O4S/c1-25(18-8-15-7-16(10-18)11-19(25)9-15)14-32-23-13-22(26)21(12-20(23)17-3-4-17)24(29)27-33(30,31)28-5-2-6-28/h12-13,15-19H,2-11,14H2,1H3,(H,27,29). The van der Waals surface area contributed by atoms with Crippen LogP contribution in [0.15, 0.2) is 12.1 Å². The number of carbonyl (C=O) groups excluding carboxylic acids is 1. The molecule has 6 nitrogen and oxygen atoms in total. The minimum atomic E-state index is -3.92. The van der Waals surface area contributed by atoms with E-state index in [-0.39, 0.29) is 16.9 Å². The van der Waals surface area contributed by atoms with Crippen LogP contribution in [0.4, 0.5) is 4.39 Å². The van der Waals surface area contributed by atoms with Crippen molar-refractivity contribution in [2.45, 2.75) is 64.2 Å². The molecular weight excluding hydrogens is 443 g/mol. The fraction of sp³-hybridized carbons (Fsp3) is 0.720. The molecule has 0 spiro atoms. The van der Waals surface area contributed by atoms with Crippen molar-refractivity contribution >= 4 is 16.1 Å². The Bertz CT molecular complexity index is 1050. The molecule has 0 radical (unpaired) electrons. The molecule has 180 valence electrons. The van der Waals surface area contributed by atoms with Gasteiger partial charge in [-0.2, -0.15) is 12.7 Å². The summed E-state index contributed by atoms with van der Waals surface area (Å²) in [6.07, 6.45) is 9.29. The highest BCUT2D eigenvalue weighted by molar-refractivity contribution is 7.87. The number of nitrogens with zero attached hydrogens (tertiary/aromatic N) is 1. The topological polar surface area (TPSA) is 75.7 Å². The smallest absolute Gasteiger partial charge is 0.304 e. The summed E-state index contributed by atoms with van der Waals surface area (Å²) in [5, 5.41) is 0. The van der Waals surface area contributed by atoms with Gasteiger partial charge in [0.25, 0.3) is 5.91 Å². The molecule has 6 aliphatic rings. The minimum Gasteiger partial charge on any atom is -0.493 e. The molecular formula is C25H33FN2O4S. The fourth-order valence-electron chi connectivity index (χ4n) is 7.08. The first-order valence-corrected chi connectivity index (χ1v) is 14.0. The van der Waals surface area contributed by atoms with Gasteiger partial charge in [0, 0.05) is 24.6 Å². The quantitative estimate of drug-likeness (QED) is 0.639. The molecule has 8 heteroatoms. The van der Waals surface area contributed by atoms with Gasteiger partial charge in [-0.25, -0.2) is 9.11 Å². The molecule has 1 aliphatic heterocycles. The average Bonchev–Trinajstić information content (AvgIpc) is 3.53. The first-order valence-electron chi connectivity index (χ1n) is 12.5. The first-order chi connectivity index (χ1) is 15.7. The number of hydrogen-bond acceptors (Lipinski definition) is 4. The summed E-state index contributed by atoms with van der Waals surface area (Å²) in [6, 6.07) is 2.82. The second kappa shape index (κ2) is 7.67. The Labute approximate surface area is 195 Å². The van der Waals surface area contributed by atoms with E-state index < -0.39 is 21.9 Å². The van der Waals surface area contributed by atoms with Crippen LogP contribution in [0.2, 0.25) is 0 Å². The van der Waals surface area contributed by atoms with E-state index in [4.69, 9.17) is 4.74 Å². The lowest BCUT2D eigenvalue weighted by Crippen LogP contribution is -2.53. The zero-order valence-electron chi connectivity index (χ0n) is 19.2. The average molecular weight is 477 g/mol. The Hall–Kier alpha value is -1.67. The Kier molecular flexibility index (Phi) is 5.07. The third-order valence-electron chi connectivity index (χ3n) is 9.28. The summed E-state index contributed by atoms with van der Waals surface area (Å²) in [5.41, 5.74) is 0.719. The van der Waals surface area contributed by atoms with Gasteiger partial charge in [0.1, 0.15) is 11.6 Å². The molecule has 33 heavy (non-hydrogen) atoms. The highest BCUT2D eigenvalue weighted by Crippen LogP contribution is 2.62. The van der Waals surface area contributed by atoms with E-state index in [2.05, 4.69) is 6.92 Å². The summed E-state index contributed by atoms with van der Waals surface area (Å²) in [4.78, 5) is 12.7. The molecule has 7 rings (SSSR count). The van der Waals surface area contributed by atoms with Gasteiger partial charge in [-0.1, -0.05) is 6.92 Å². The number of rotatable bonds is 7. The first kappa shape index (κ1) is 21.8. The summed E-state index contributed by atoms with van der Waals surface area (Å²) in [7, 11) is -3.92. The Balaban J connectivity index is 1.22. The van der Waals surface area contributed by atoms with Crippen LogP contribution in [0.5, 0.6) is 5.75 Å². The number of hydrogen-bond donors (Lipinski definition) is 1. The Morgan fingerprint density at radius 1 is 1.12 bits per heavy atom. The van der Waals surface area contributed by atoms with Crippen molar-refractivity contribution < 1.29 is 22.3 Å². The summed E-state index contributed by atoms with van der Waals surface area (Å²) >= 11 is 0. The van der Waals surface area contributed by atoms with Crippen LogP contribution in [0.25, 0.3) is 0 Å². The van der Waals surface area contributed by atoms with Crippen molar-refractivity contribution in [3.05, 3.63) is 29.1 Å². The van der Waals surface area contributed by atoms with Crippen LogP contribution in [0, 0.1) is 34.9 Å². The van der Waals surface area contributed by atoms with E-state index in [9.17, 15) is 13.2 Å². The van der Waals surface area contributed by atoms with Crippen molar-refractivity contribution in [1.29, 1.82) is 0 Å². The molecule has 0 unspecified atom stereocenters. The van der Waals surface area contributed by atoms with Crippen LogP contribution in [-0.2, 0) is 10.2 Å². The molecule has 5 aliphatic carbocycles. The van der Waals surface area contributed by atoms with Gasteiger partial charge in [0.15, 0.2) is 0 Å². The molecule has 5 saturated carbocycles. The lowest BCUT2D eigenvalue weighted by Gasteiger charge is -2.60. The zero-order valence-corrected chi connectivity index (χ0v) is 20.0. The van der Waals surface area contributed by atoms with Crippen LogP contribution in [0.3, 0.4) is 0 Å². The molecule has 1 amide bonds. The molecule has 1 saturated heterocycles. The van der Waals surface area contributed by atoms with E-state index >= 15 is 4.39 Å². The van der Waals surface area contributed by atoms with Gasteiger partial charge in [0.05, 0.1) is 12.2 Å². The largest absolute Gasteiger partial charge is 0.493 e. The predicted octanol–water partition coefficient (Wildman–Crippen LogP) is 4.22. The summed E-state index contributed by atoms with van der Waals surface area (Å²) in [6.45, 7) is 3.70. The van der Waals surface area contributed by atoms with Crippen LogP contribution >= 0.6 is 0 Å². The number of benzene rings is 1. The number of nitrogens with one attached hydrogen (secondary N) is 1. The molecule has 1 aromatic rings. The Morgan fingerprint density at radius 3 is 2.30 bits per heavy atom. The Morgan fingerprint density at radius 2 is 1.76 bits per heavy atom. The van der Waals surface area contributed by atoms with Gasteiger partial charge in [-0.15, -0.1) is 0 Å². The lowest BCUT2D eigenvalue weighted by atomic mass is 9.46. The maximum Gasteiger partial charge on any atom is 0.304 e.